The van der Waals surface area contributed by atoms with Crippen LogP contribution in [0.3, 0.4) is 0 Å². The highest BCUT2D eigenvalue weighted by atomic mass is 32.2. The number of hydrogen-bond acceptors (Lipinski definition) is 5. The fourth-order valence-corrected chi connectivity index (χ4v) is 2.42. The van der Waals surface area contributed by atoms with Gasteiger partial charge in [0.25, 0.3) is 0 Å². The van der Waals surface area contributed by atoms with Crippen molar-refractivity contribution in [2.75, 3.05) is 23.8 Å². The van der Waals surface area contributed by atoms with Crippen LogP contribution in [0.2, 0.25) is 0 Å². The average Bonchev–Trinajstić information content (AvgIpc) is 2.29. The van der Waals surface area contributed by atoms with Gasteiger partial charge in [0.2, 0.25) is 0 Å². The van der Waals surface area contributed by atoms with Crippen molar-refractivity contribution in [3.05, 3.63) is 17.6 Å². The number of aromatic nitrogens is 2. The summed E-state index contributed by atoms with van der Waals surface area (Å²) in [5.41, 5.74) is 6.78. The van der Waals surface area contributed by atoms with Crippen molar-refractivity contribution in [3.63, 3.8) is 0 Å². The van der Waals surface area contributed by atoms with Crippen LogP contribution in [0.1, 0.15) is 37.4 Å². The minimum absolute atomic E-state index is 0.000231. The van der Waals surface area contributed by atoms with Crippen LogP contribution in [-0.4, -0.2) is 28.1 Å². The summed E-state index contributed by atoms with van der Waals surface area (Å²) in [6, 6.07) is 1.84. The van der Waals surface area contributed by atoms with Gasteiger partial charge in [-0.1, -0.05) is 13.8 Å². The molecule has 2 N–H and O–H groups in total. The number of thioether (sulfide) groups is 1. The van der Waals surface area contributed by atoms with E-state index in [1.54, 1.807) is 0 Å². The third kappa shape index (κ3) is 2.65. The molecule has 0 bridgehead atoms. The van der Waals surface area contributed by atoms with E-state index in [1.807, 2.05) is 17.8 Å². The highest BCUT2D eigenvalue weighted by Crippen LogP contribution is 2.25. The molecule has 0 saturated carbocycles. The summed E-state index contributed by atoms with van der Waals surface area (Å²) in [6.45, 7) is 4.97. The number of nitrogens with zero attached hydrogens (tertiary/aromatic N) is 2. The van der Waals surface area contributed by atoms with Crippen LogP contribution in [-0.2, 0) is 4.74 Å². The van der Waals surface area contributed by atoms with E-state index in [0.717, 1.165) is 29.6 Å². The maximum absolute atomic E-state index is 5.79. The van der Waals surface area contributed by atoms with Gasteiger partial charge in [0.1, 0.15) is 11.9 Å². The molecule has 16 heavy (non-hydrogen) atoms. The van der Waals surface area contributed by atoms with Crippen molar-refractivity contribution in [1.82, 2.24) is 9.97 Å². The lowest BCUT2D eigenvalue weighted by molar-refractivity contribution is 0.0693. The highest BCUT2D eigenvalue weighted by Gasteiger charge is 2.20. The van der Waals surface area contributed by atoms with E-state index in [0.29, 0.717) is 11.7 Å². The fraction of sp³-hybridized carbons (Fsp3) is 0.636. The van der Waals surface area contributed by atoms with Crippen LogP contribution >= 0.6 is 11.8 Å². The molecule has 1 fully saturated rings. The Morgan fingerprint density at radius 1 is 1.50 bits per heavy atom. The van der Waals surface area contributed by atoms with Crippen molar-refractivity contribution in [3.8, 4) is 0 Å². The second-order valence-electron chi connectivity index (χ2n) is 4.16. The summed E-state index contributed by atoms with van der Waals surface area (Å²) in [4.78, 5) is 8.80. The molecule has 4 nitrogen and oxygen atoms in total. The first-order valence-corrected chi connectivity index (χ1v) is 6.66. The van der Waals surface area contributed by atoms with Crippen molar-refractivity contribution >= 4 is 17.6 Å². The van der Waals surface area contributed by atoms with Crippen LogP contribution in [0.25, 0.3) is 0 Å². The van der Waals surface area contributed by atoms with E-state index in [4.69, 9.17) is 10.5 Å². The zero-order chi connectivity index (χ0) is 11.5. The molecule has 88 valence electrons. The summed E-state index contributed by atoms with van der Waals surface area (Å²) >= 11 is 1.87. The van der Waals surface area contributed by atoms with Gasteiger partial charge >= 0.3 is 0 Å². The van der Waals surface area contributed by atoms with E-state index in [9.17, 15) is 0 Å². The molecule has 5 heteroatoms. The summed E-state index contributed by atoms with van der Waals surface area (Å²) < 4.78 is 5.65. The van der Waals surface area contributed by atoms with Crippen molar-refractivity contribution in [2.24, 2.45) is 0 Å². The Balaban J connectivity index is 2.25. The number of nitrogens with two attached hydrogens (primary N) is 1. The fourth-order valence-electron chi connectivity index (χ4n) is 1.58. The number of rotatable bonds is 2. The van der Waals surface area contributed by atoms with Gasteiger partial charge in [-0.15, -0.1) is 0 Å². The maximum Gasteiger partial charge on any atom is 0.160 e. The Bertz CT molecular complexity index is 364. The Morgan fingerprint density at radius 3 is 2.94 bits per heavy atom. The van der Waals surface area contributed by atoms with Gasteiger partial charge in [0.15, 0.2) is 5.82 Å². The molecule has 0 aliphatic carbocycles. The topological polar surface area (TPSA) is 61.0 Å². The molecule has 1 saturated heterocycles. The van der Waals surface area contributed by atoms with Crippen molar-refractivity contribution in [1.29, 1.82) is 0 Å². The maximum atomic E-state index is 5.79. The Kier molecular flexibility index (Phi) is 3.66. The molecule has 0 radical (unpaired) electrons. The van der Waals surface area contributed by atoms with Gasteiger partial charge in [-0.3, -0.25) is 0 Å². The summed E-state index contributed by atoms with van der Waals surface area (Å²) in [5, 5.41) is 0. The first-order chi connectivity index (χ1) is 7.66. The minimum Gasteiger partial charge on any atom is -0.384 e. The molecule has 1 unspecified atom stereocenters. The van der Waals surface area contributed by atoms with Crippen LogP contribution < -0.4 is 5.73 Å². The van der Waals surface area contributed by atoms with Gasteiger partial charge in [0, 0.05) is 23.3 Å². The van der Waals surface area contributed by atoms with E-state index in [2.05, 4.69) is 23.8 Å². The average molecular weight is 239 g/mol. The molecule has 1 aliphatic heterocycles. The Hall–Kier alpha value is -0.810. The van der Waals surface area contributed by atoms with Gasteiger partial charge in [-0.05, 0) is 5.92 Å². The first kappa shape index (κ1) is 11.7. The first-order valence-electron chi connectivity index (χ1n) is 5.50. The lowest BCUT2D eigenvalue weighted by Gasteiger charge is -2.21. The molecule has 0 amide bonds. The molecule has 0 aromatic carbocycles. The number of anilines is 1. The van der Waals surface area contributed by atoms with Crippen LogP contribution in [0.15, 0.2) is 6.07 Å². The molecule has 0 spiro atoms. The monoisotopic (exact) mass is 239 g/mol. The third-order valence-corrected chi connectivity index (χ3v) is 3.47. The van der Waals surface area contributed by atoms with Gasteiger partial charge in [-0.25, -0.2) is 9.97 Å². The molecule has 1 atom stereocenters. The van der Waals surface area contributed by atoms with Gasteiger partial charge in [-0.2, -0.15) is 11.8 Å². The number of ether oxygens (including phenoxy) is 1. The zero-order valence-corrected chi connectivity index (χ0v) is 10.5. The summed E-state index contributed by atoms with van der Waals surface area (Å²) in [6.07, 6.45) is -0.000231. The lowest BCUT2D eigenvalue weighted by atomic mass is 10.1. The molecule has 1 aliphatic rings. The van der Waals surface area contributed by atoms with Crippen LogP contribution in [0.4, 0.5) is 5.82 Å². The minimum atomic E-state index is -0.000231. The van der Waals surface area contributed by atoms with E-state index in [-0.39, 0.29) is 6.10 Å². The predicted octanol–water partition coefficient (Wildman–Crippen LogP) is 1.99. The van der Waals surface area contributed by atoms with Gasteiger partial charge in [0.05, 0.1) is 6.61 Å². The van der Waals surface area contributed by atoms with Crippen LogP contribution in [0.5, 0.6) is 0 Å². The summed E-state index contributed by atoms with van der Waals surface area (Å²) in [7, 11) is 0. The number of nitrogen functional groups attached to an aromatic ring is 1. The van der Waals surface area contributed by atoms with E-state index in [1.165, 1.54) is 0 Å². The Morgan fingerprint density at radius 2 is 2.31 bits per heavy atom. The quantitative estimate of drug-likeness (QED) is 0.855. The second kappa shape index (κ2) is 5.01. The normalized spacial score (nSPS) is 21.3. The van der Waals surface area contributed by atoms with Crippen molar-refractivity contribution < 1.29 is 4.74 Å². The third-order valence-electron chi connectivity index (χ3n) is 2.48. The molecular weight excluding hydrogens is 222 g/mol. The second-order valence-corrected chi connectivity index (χ2v) is 5.31. The SMILES string of the molecule is CC(C)c1cc(N)nc(C2CSCCO2)n1. The molecular formula is C11H17N3OS. The van der Waals surface area contributed by atoms with Crippen molar-refractivity contribution in [2.45, 2.75) is 25.9 Å². The van der Waals surface area contributed by atoms with E-state index >= 15 is 0 Å². The molecule has 1 aromatic heterocycles. The molecule has 2 rings (SSSR count). The number of hydrogen-bond donors (Lipinski definition) is 1. The van der Waals surface area contributed by atoms with E-state index < -0.39 is 0 Å². The van der Waals surface area contributed by atoms with Gasteiger partial charge < -0.3 is 10.5 Å². The highest BCUT2D eigenvalue weighted by molar-refractivity contribution is 7.99. The molecule has 1 aromatic rings. The predicted molar refractivity (Wildman–Crippen MR) is 66.6 cm³/mol. The standard InChI is InChI=1S/C11H17N3OS/c1-7(2)8-5-10(12)14-11(13-8)9-6-16-4-3-15-9/h5,7,9H,3-4,6H2,1-2H3,(H2,12,13,14). The lowest BCUT2D eigenvalue weighted by Crippen LogP contribution is -2.19. The van der Waals surface area contributed by atoms with Crippen LogP contribution in [0, 0.1) is 0 Å². The zero-order valence-electron chi connectivity index (χ0n) is 9.64. The largest absolute Gasteiger partial charge is 0.384 e. The smallest absolute Gasteiger partial charge is 0.160 e. The Labute approximate surface area is 100.0 Å². The molecule has 2 heterocycles. The summed E-state index contributed by atoms with van der Waals surface area (Å²) in [5.74, 6) is 3.60.